The summed E-state index contributed by atoms with van der Waals surface area (Å²) >= 11 is 0. The number of amides is 1. The number of hydrogen-bond donors (Lipinski definition) is 1. The lowest BCUT2D eigenvalue weighted by Crippen LogP contribution is -2.23. The van der Waals surface area contributed by atoms with E-state index in [-0.39, 0.29) is 10.8 Å². The lowest BCUT2D eigenvalue weighted by atomic mass is 10.1. The van der Waals surface area contributed by atoms with Gasteiger partial charge in [-0.2, -0.15) is 0 Å². The quantitative estimate of drug-likeness (QED) is 0.555. The van der Waals surface area contributed by atoms with Gasteiger partial charge < -0.3 is 4.90 Å². The SMILES string of the molecule is O=C1CCCN1c1ccc(S(=O)(=O)Nc2ccc3c(c2)Cc2ccccc2-3)cc1. The fourth-order valence-corrected chi connectivity index (χ4v) is 5.20. The largest absolute Gasteiger partial charge is 0.312 e. The molecule has 1 saturated heterocycles. The van der Waals surface area contributed by atoms with Gasteiger partial charge in [0.15, 0.2) is 0 Å². The number of carbonyl (C=O) groups excluding carboxylic acids is 1. The lowest BCUT2D eigenvalue weighted by molar-refractivity contribution is -0.117. The van der Waals surface area contributed by atoms with Crippen molar-refractivity contribution in [2.75, 3.05) is 16.2 Å². The molecular weight excluding hydrogens is 384 g/mol. The summed E-state index contributed by atoms with van der Waals surface area (Å²) < 4.78 is 28.3. The molecule has 6 heteroatoms. The summed E-state index contributed by atoms with van der Waals surface area (Å²) in [6, 6.07) is 20.4. The van der Waals surface area contributed by atoms with Gasteiger partial charge >= 0.3 is 0 Å². The van der Waals surface area contributed by atoms with Crippen molar-refractivity contribution in [3.63, 3.8) is 0 Å². The fraction of sp³-hybridized carbons (Fsp3) is 0.174. The molecule has 0 bridgehead atoms. The van der Waals surface area contributed by atoms with E-state index in [9.17, 15) is 13.2 Å². The predicted molar refractivity (Wildman–Crippen MR) is 114 cm³/mol. The topological polar surface area (TPSA) is 66.5 Å². The maximum absolute atomic E-state index is 12.8. The minimum Gasteiger partial charge on any atom is -0.312 e. The Bertz CT molecular complexity index is 1220. The molecule has 146 valence electrons. The van der Waals surface area contributed by atoms with Gasteiger partial charge in [0.1, 0.15) is 0 Å². The highest BCUT2D eigenvalue weighted by atomic mass is 32.2. The Morgan fingerprint density at radius 3 is 2.38 bits per heavy atom. The molecule has 1 N–H and O–H groups in total. The number of nitrogens with zero attached hydrogens (tertiary/aromatic N) is 1. The maximum Gasteiger partial charge on any atom is 0.261 e. The molecule has 0 aromatic heterocycles. The van der Waals surface area contributed by atoms with Gasteiger partial charge in [-0.3, -0.25) is 9.52 Å². The number of carbonyl (C=O) groups is 1. The Balaban J connectivity index is 1.38. The molecular formula is C23H20N2O3S. The van der Waals surface area contributed by atoms with Crippen molar-refractivity contribution in [3.8, 4) is 11.1 Å². The molecule has 2 aliphatic rings. The second-order valence-corrected chi connectivity index (χ2v) is 9.14. The van der Waals surface area contributed by atoms with Crippen LogP contribution in [0.4, 0.5) is 11.4 Å². The zero-order valence-electron chi connectivity index (χ0n) is 15.8. The van der Waals surface area contributed by atoms with Crippen molar-refractivity contribution in [1.82, 2.24) is 0 Å². The first-order chi connectivity index (χ1) is 14.0. The third-order valence-corrected chi connectivity index (χ3v) is 6.98. The van der Waals surface area contributed by atoms with Gasteiger partial charge in [0, 0.05) is 24.3 Å². The summed E-state index contributed by atoms with van der Waals surface area (Å²) in [5.41, 5.74) is 6.04. The monoisotopic (exact) mass is 404 g/mol. The molecule has 0 radical (unpaired) electrons. The Labute approximate surface area is 170 Å². The zero-order chi connectivity index (χ0) is 20.0. The fourth-order valence-electron chi connectivity index (χ4n) is 4.15. The Kier molecular flexibility index (Phi) is 4.17. The van der Waals surface area contributed by atoms with Gasteiger partial charge in [-0.15, -0.1) is 0 Å². The molecule has 0 unspecified atom stereocenters. The summed E-state index contributed by atoms with van der Waals surface area (Å²) in [6.07, 6.45) is 2.19. The van der Waals surface area contributed by atoms with E-state index >= 15 is 0 Å². The first kappa shape index (κ1) is 17.9. The summed E-state index contributed by atoms with van der Waals surface area (Å²) in [5, 5.41) is 0. The van der Waals surface area contributed by atoms with Crippen LogP contribution in [0.2, 0.25) is 0 Å². The Hall–Kier alpha value is -3.12. The summed E-state index contributed by atoms with van der Waals surface area (Å²) in [5.74, 6) is 0.0814. The Morgan fingerprint density at radius 2 is 1.62 bits per heavy atom. The molecule has 1 fully saturated rings. The molecule has 0 saturated carbocycles. The van der Waals surface area contributed by atoms with Gasteiger partial charge in [-0.05, 0) is 71.5 Å². The van der Waals surface area contributed by atoms with E-state index in [1.54, 1.807) is 35.2 Å². The van der Waals surface area contributed by atoms with Crippen LogP contribution >= 0.6 is 0 Å². The molecule has 29 heavy (non-hydrogen) atoms. The predicted octanol–water partition coefficient (Wildman–Crippen LogP) is 4.19. The van der Waals surface area contributed by atoms with E-state index in [4.69, 9.17) is 0 Å². The minimum atomic E-state index is -3.71. The van der Waals surface area contributed by atoms with Crippen molar-refractivity contribution >= 4 is 27.3 Å². The molecule has 1 aliphatic heterocycles. The number of hydrogen-bond acceptors (Lipinski definition) is 3. The number of benzene rings is 3. The highest BCUT2D eigenvalue weighted by Gasteiger charge is 2.23. The van der Waals surface area contributed by atoms with Crippen LogP contribution in [-0.4, -0.2) is 20.9 Å². The van der Waals surface area contributed by atoms with Crippen LogP contribution in [0, 0.1) is 0 Å². The van der Waals surface area contributed by atoms with Crippen LogP contribution in [0.5, 0.6) is 0 Å². The molecule has 1 heterocycles. The molecule has 3 aromatic rings. The third-order valence-electron chi connectivity index (χ3n) is 5.58. The van der Waals surface area contributed by atoms with Crippen LogP contribution in [-0.2, 0) is 21.2 Å². The number of sulfonamides is 1. The highest BCUT2D eigenvalue weighted by Crippen LogP contribution is 2.38. The van der Waals surface area contributed by atoms with Gasteiger partial charge in [0.05, 0.1) is 4.90 Å². The second kappa shape index (κ2) is 6.74. The lowest BCUT2D eigenvalue weighted by Gasteiger charge is -2.16. The van der Waals surface area contributed by atoms with E-state index in [2.05, 4.69) is 16.9 Å². The van der Waals surface area contributed by atoms with Gasteiger partial charge in [0.2, 0.25) is 5.91 Å². The minimum absolute atomic E-state index is 0.0814. The number of rotatable bonds is 4. The normalized spacial score (nSPS) is 15.3. The summed E-state index contributed by atoms with van der Waals surface area (Å²) in [6.45, 7) is 0.681. The van der Waals surface area contributed by atoms with Crippen molar-refractivity contribution < 1.29 is 13.2 Å². The highest BCUT2D eigenvalue weighted by molar-refractivity contribution is 7.92. The zero-order valence-corrected chi connectivity index (χ0v) is 16.6. The molecule has 0 atom stereocenters. The van der Waals surface area contributed by atoms with Crippen LogP contribution in [0.25, 0.3) is 11.1 Å². The van der Waals surface area contributed by atoms with Gasteiger partial charge in [0.25, 0.3) is 10.0 Å². The first-order valence-electron chi connectivity index (χ1n) is 9.66. The Morgan fingerprint density at radius 1 is 0.862 bits per heavy atom. The van der Waals surface area contributed by atoms with Crippen LogP contribution in [0.3, 0.4) is 0 Å². The van der Waals surface area contributed by atoms with Gasteiger partial charge in [-0.1, -0.05) is 30.3 Å². The number of nitrogens with one attached hydrogen (secondary N) is 1. The van der Waals surface area contributed by atoms with Crippen LogP contribution in [0.15, 0.2) is 71.6 Å². The van der Waals surface area contributed by atoms with E-state index in [0.717, 1.165) is 29.7 Å². The summed E-state index contributed by atoms with van der Waals surface area (Å²) in [4.78, 5) is 13.7. The van der Waals surface area contributed by atoms with Crippen LogP contribution in [0.1, 0.15) is 24.0 Å². The average Bonchev–Trinajstić information content (AvgIpc) is 3.30. The maximum atomic E-state index is 12.8. The standard InChI is InChI=1S/C23H20N2O3S/c26-23-6-3-13-25(23)19-8-10-20(11-9-19)29(27,28)24-18-7-12-22-17(15-18)14-16-4-1-2-5-21(16)22/h1-2,4-5,7-12,15,24H,3,6,13-14H2. The molecule has 3 aromatic carbocycles. The van der Waals surface area contributed by atoms with Crippen molar-refractivity contribution in [1.29, 1.82) is 0 Å². The van der Waals surface area contributed by atoms with E-state index in [1.807, 2.05) is 24.3 Å². The third kappa shape index (κ3) is 3.19. The average molecular weight is 404 g/mol. The van der Waals surface area contributed by atoms with Crippen molar-refractivity contribution in [2.24, 2.45) is 0 Å². The van der Waals surface area contributed by atoms with Gasteiger partial charge in [-0.25, -0.2) is 8.42 Å². The van der Waals surface area contributed by atoms with E-state index < -0.39 is 10.0 Å². The second-order valence-electron chi connectivity index (χ2n) is 7.45. The first-order valence-corrected chi connectivity index (χ1v) is 11.1. The van der Waals surface area contributed by atoms with Crippen molar-refractivity contribution in [3.05, 3.63) is 77.9 Å². The molecule has 1 amide bonds. The summed E-state index contributed by atoms with van der Waals surface area (Å²) in [7, 11) is -3.71. The molecule has 0 spiro atoms. The van der Waals surface area contributed by atoms with E-state index in [0.29, 0.717) is 18.7 Å². The van der Waals surface area contributed by atoms with E-state index in [1.165, 1.54) is 11.1 Å². The molecule has 5 rings (SSSR count). The molecule has 5 nitrogen and oxygen atoms in total. The molecule has 1 aliphatic carbocycles. The number of anilines is 2. The van der Waals surface area contributed by atoms with Crippen LogP contribution < -0.4 is 9.62 Å². The number of fused-ring (bicyclic) bond motifs is 3. The van der Waals surface area contributed by atoms with Crippen molar-refractivity contribution in [2.45, 2.75) is 24.2 Å². The smallest absolute Gasteiger partial charge is 0.261 e.